The van der Waals surface area contributed by atoms with Crippen molar-refractivity contribution in [3.05, 3.63) is 23.2 Å². The molecule has 0 aliphatic rings. The van der Waals surface area contributed by atoms with Crippen molar-refractivity contribution >= 4 is 23.2 Å². The molecule has 0 fully saturated rings. The molecule has 0 heterocycles. The van der Waals surface area contributed by atoms with E-state index >= 15 is 0 Å². The number of nitrogens with one attached hydrogen (secondary N) is 1. The number of hydrogen-bond donors (Lipinski definition) is 2. The lowest BCUT2D eigenvalue weighted by molar-refractivity contribution is -0.116. The van der Waals surface area contributed by atoms with E-state index in [0.717, 1.165) is 12.8 Å². The van der Waals surface area contributed by atoms with Gasteiger partial charge in [0, 0.05) is 12.1 Å². The summed E-state index contributed by atoms with van der Waals surface area (Å²) in [5.74, 6) is 0.0251. The number of halogens is 1. The van der Waals surface area contributed by atoms with Gasteiger partial charge in [-0.2, -0.15) is 0 Å². The van der Waals surface area contributed by atoms with E-state index in [0.29, 0.717) is 12.1 Å². The molecule has 20 heavy (non-hydrogen) atoms. The Bertz CT molecular complexity index is 421. The predicted octanol–water partition coefficient (Wildman–Crippen LogP) is 5.12. The molecule has 0 saturated heterocycles. The maximum Gasteiger partial charge on any atom is 0.224 e. The number of aromatic hydroxyl groups is 1. The van der Waals surface area contributed by atoms with Crippen molar-refractivity contribution < 1.29 is 9.90 Å². The van der Waals surface area contributed by atoms with Gasteiger partial charge in [-0.3, -0.25) is 4.79 Å². The van der Waals surface area contributed by atoms with Gasteiger partial charge in [0.1, 0.15) is 5.75 Å². The van der Waals surface area contributed by atoms with Gasteiger partial charge in [-0.15, -0.1) is 0 Å². The Hall–Kier alpha value is -1.22. The van der Waals surface area contributed by atoms with Gasteiger partial charge in [0.05, 0.1) is 5.02 Å². The Morgan fingerprint density at radius 1 is 1.15 bits per heavy atom. The molecule has 0 spiro atoms. The molecule has 0 aliphatic heterocycles. The molecule has 112 valence electrons. The van der Waals surface area contributed by atoms with Crippen molar-refractivity contribution in [2.45, 2.75) is 58.3 Å². The lowest BCUT2D eigenvalue weighted by Gasteiger charge is -2.06. The number of unbranched alkanes of at least 4 members (excludes halogenated alkanes) is 6. The molecule has 0 saturated carbocycles. The zero-order valence-electron chi connectivity index (χ0n) is 12.1. The lowest BCUT2D eigenvalue weighted by atomic mass is 10.1. The van der Waals surface area contributed by atoms with E-state index in [-0.39, 0.29) is 16.7 Å². The SMILES string of the molecule is CCCCCCCCCC(=O)Nc1ccc(O)c(Cl)c1. The first-order valence-electron chi connectivity index (χ1n) is 7.42. The highest BCUT2D eigenvalue weighted by molar-refractivity contribution is 6.32. The summed E-state index contributed by atoms with van der Waals surface area (Å²) >= 11 is 5.78. The highest BCUT2D eigenvalue weighted by atomic mass is 35.5. The normalized spacial score (nSPS) is 10.5. The number of anilines is 1. The summed E-state index contributed by atoms with van der Waals surface area (Å²) in [6, 6.07) is 4.68. The molecule has 1 rings (SSSR count). The number of rotatable bonds is 9. The standard InChI is InChI=1S/C16H24ClNO2/c1-2-3-4-5-6-7-8-9-16(20)18-13-10-11-15(19)14(17)12-13/h10-12,19H,2-9H2,1H3,(H,18,20). The number of amides is 1. The van der Waals surface area contributed by atoms with Crippen LogP contribution in [0.2, 0.25) is 5.02 Å². The van der Waals surface area contributed by atoms with E-state index in [2.05, 4.69) is 12.2 Å². The van der Waals surface area contributed by atoms with Crippen molar-refractivity contribution in [3.63, 3.8) is 0 Å². The molecule has 2 N–H and O–H groups in total. The second kappa shape index (κ2) is 9.65. The molecule has 0 atom stereocenters. The van der Waals surface area contributed by atoms with Crippen molar-refractivity contribution in [2.24, 2.45) is 0 Å². The van der Waals surface area contributed by atoms with E-state index in [4.69, 9.17) is 11.6 Å². The summed E-state index contributed by atoms with van der Waals surface area (Å²) in [5.41, 5.74) is 0.626. The summed E-state index contributed by atoms with van der Waals surface area (Å²) in [6.45, 7) is 2.21. The van der Waals surface area contributed by atoms with Gasteiger partial charge in [-0.05, 0) is 24.6 Å². The van der Waals surface area contributed by atoms with Gasteiger partial charge in [0.15, 0.2) is 0 Å². The van der Waals surface area contributed by atoms with Gasteiger partial charge in [-0.25, -0.2) is 0 Å². The molecule has 0 aromatic heterocycles. The van der Waals surface area contributed by atoms with Crippen LogP contribution in [0.25, 0.3) is 0 Å². The number of carbonyl (C=O) groups excluding carboxylic acids is 1. The largest absolute Gasteiger partial charge is 0.506 e. The van der Waals surface area contributed by atoms with Crippen LogP contribution < -0.4 is 5.32 Å². The average Bonchev–Trinajstić information content (AvgIpc) is 2.42. The minimum absolute atomic E-state index is 0.000291. The smallest absolute Gasteiger partial charge is 0.224 e. The summed E-state index contributed by atoms with van der Waals surface area (Å²) in [6.07, 6.45) is 8.90. The molecule has 0 radical (unpaired) electrons. The Morgan fingerprint density at radius 2 is 1.80 bits per heavy atom. The van der Waals surface area contributed by atoms with Crippen LogP contribution >= 0.6 is 11.6 Å². The summed E-state index contributed by atoms with van der Waals surface area (Å²) in [7, 11) is 0. The first-order chi connectivity index (χ1) is 9.63. The molecule has 1 amide bonds. The molecule has 1 aromatic rings. The monoisotopic (exact) mass is 297 g/mol. The minimum Gasteiger partial charge on any atom is -0.506 e. The third kappa shape index (κ3) is 6.80. The molecular weight excluding hydrogens is 274 g/mol. The number of carbonyl (C=O) groups is 1. The van der Waals surface area contributed by atoms with E-state index in [1.807, 2.05) is 0 Å². The Morgan fingerprint density at radius 3 is 2.45 bits per heavy atom. The van der Waals surface area contributed by atoms with Crippen LogP contribution in [-0.4, -0.2) is 11.0 Å². The van der Waals surface area contributed by atoms with Gasteiger partial charge < -0.3 is 10.4 Å². The molecule has 0 bridgehead atoms. The van der Waals surface area contributed by atoms with Gasteiger partial charge in [0.25, 0.3) is 0 Å². The van der Waals surface area contributed by atoms with Gasteiger partial charge in [0.2, 0.25) is 5.91 Å². The lowest BCUT2D eigenvalue weighted by Crippen LogP contribution is -2.10. The maximum absolute atomic E-state index is 11.7. The van der Waals surface area contributed by atoms with E-state index in [9.17, 15) is 9.90 Å². The number of benzene rings is 1. The van der Waals surface area contributed by atoms with Crippen LogP contribution in [0.1, 0.15) is 58.3 Å². The zero-order valence-corrected chi connectivity index (χ0v) is 12.9. The summed E-state index contributed by atoms with van der Waals surface area (Å²) in [5, 5.41) is 12.3. The quantitative estimate of drug-likeness (QED) is 0.490. The van der Waals surface area contributed by atoms with Gasteiger partial charge in [-0.1, -0.05) is 57.0 Å². The highest BCUT2D eigenvalue weighted by Gasteiger charge is 2.04. The first-order valence-corrected chi connectivity index (χ1v) is 7.79. The molecule has 4 heteroatoms. The predicted molar refractivity (Wildman–Crippen MR) is 84.4 cm³/mol. The van der Waals surface area contributed by atoms with Crippen LogP contribution in [0.3, 0.4) is 0 Å². The average molecular weight is 298 g/mol. The van der Waals surface area contributed by atoms with Crippen LogP contribution in [0, 0.1) is 0 Å². The summed E-state index contributed by atoms with van der Waals surface area (Å²) in [4.78, 5) is 11.7. The van der Waals surface area contributed by atoms with Gasteiger partial charge >= 0.3 is 0 Å². The fraction of sp³-hybridized carbons (Fsp3) is 0.562. The highest BCUT2D eigenvalue weighted by Crippen LogP contribution is 2.26. The molecule has 0 aliphatic carbocycles. The number of phenols is 1. The van der Waals surface area contributed by atoms with Crippen LogP contribution in [0.5, 0.6) is 5.75 Å². The van der Waals surface area contributed by atoms with Crippen LogP contribution in [0.4, 0.5) is 5.69 Å². The Kier molecular flexibility index (Phi) is 8.12. The van der Waals surface area contributed by atoms with Crippen molar-refractivity contribution in [3.8, 4) is 5.75 Å². The third-order valence-corrected chi connectivity index (χ3v) is 3.54. The molecule has 0 unspecified atom stereocenters. The van der Waals surface area contributed by atoms with E-state index in [1.165, 1.54) is 38.2 Å². The summed E-state index contributed by atoms with van der Waals surface area (Å²) < 4.78 is 0. The van der Waals surface area contributed by atoms with Crippen molar-refractivity contribution in [1.82, 2.24) is 0 Å². The van der Waals surface area contributed by atoms with Crippen LogP contribution in [0.15, 0.2) is 18.2 Å². The second-order valence-electron chi connectivity index (χ2n) is 5.09. The molecule has 3 nitrogen and oxygen atoms in total. The van der Waals surface area contributed by atoms with E-state index in [1.54, 1.807) is 12.1 Å². The number of phenolic OH excluding ortho intramolecular Hbond substituents is 1. The zero-order chi connectivity index (χ0) is 14.8. The molecule has 1 aromatic carbocycles. The second-order valence-corrected chi connectivity index (χ2v) is 5.49. The number of hydrogen-bond acceptors (Lipinski definition) is 2. The Labute approximate surface area is 126 Å². The molecular formula is C16H24ClNO2. The topological polar surface area (TPSA) is 49.3 Å². The van der Waals surface area contributed by atoms with Crippen molar-refractivity contribution in [2.75, 3.05) is 5.32 Å². The maximum atomic E-state index is 11.7. The minimum atomic E-state index is 0.000291. The fourth-order valence-corrected chi connectivity index (χ4v) is 2.23. The van der Waals surface area contributed by atoms with E-state index < -0.39 is 0 Å². The fourth-order valence-electron chi connectivity index (χ4n) is 2.05. The third-order valence-electron chi connectivity index (χ3n) is 3.24. The van der Waals surface area contributed by atoms with Crippen molar-refractivity contribution in [1.29, 1.82) is 0 Å². The Balaban J connectivity index is 2.15. The van der Waals surface area contributed by atoms with Crippen LogP contribution in [-0.2, 0) is 4.79 Å². The first kappa shape index (κ1) is 16.8.